The molecule has 2 atom stereocenters. The number of fused-ring (bicyclic) bond motifs is 1. The first-order valence-corrected chi connectivity index (χ1v) is 15.6. The van der Waals surface area contributed by atoms with E-state index < -0.39 is 11.6 Å². The number of aromatic nitrogens is 3. The minimum atomic E-state index is -2.55. The van der Waals surface area contributed by atoms with Crippen molar-refractivity contribution in [3.63, 3.8) is 0 Å². The molecule has 43 heavy (non-hydrogen) atoms. The molecule has 12 heteroatoms. The number of alkyl halides is 2. The molecular weight excluding hydrogens is 572 g/mol. The lowest BCUT2D eigenvalue weighted by Crippen LogP contribution is -2.41. The van der Waals surface area contributed by atoms with Crippen LogP contribution in [0.2, 0.25) is 0 Å². The SMILES string of the molecule is Cc1nn2ccc(OCCN3CCC(F)(F)CC3)cc2c1-c1nc(-c2ccccc2)c(C2(C3CCCCO3)N=CN=N2)s1. The third kappa shape index (κ3) is 5.47. The van der Waals surface area contributed by atoms with Crippen LogP contribution in [0.3, 0.4) is 0 Å². The van der Waals surface area contributed by atoms with Crippen LogP contribution in [0.1, 0.15) is 42.7 Å². The van der Waals surface area contributed by atoms with E-state index in [9.17, 15) is 8.78 Å². The van der Waals surface area contributed by atoms with Crippen molar-refractivity contribution >= 4 is 23.2 Å². The molecule has 1 aromatic carbocycles. The van der Waals surface area contributed by atoms with Crippen LogP contribution in [-0.4, -0.2) is 70.7 Å². The maximum Gasteiger partial charge on any atom is 0.250 e. The monoisotopic (exact) mass is 605 g/mol. The second-order valence-corrected chi connectivity index (χ2v) is 12.3. The van der Waals surface area contributed by atoms with Crippen molar-refractivity contribution in [2.75, 3.05) is 32.8 Å². The van der Waals surface area contributed by atoms with E-state index in [1.165, 1.54) is 6.34 Å². The number of hydrogen-bond donors (Lipinski definition) is 0. The summed E-state index contributed by atoms with van der Waals surface area (Å²) in [5.41, 5.74) is 3.42. The van der Waals surface area contributed by atoms with E-state index in [4.69, 9.17) is 24.5 Å². The Morgan fingerprint density at radius 3 is 2.70 bits per heavy atom. The molecule has 2 fully saturated rings. The fraction of sp³-hybridized carbons (Fsp3) is 0.452. The van der Waals surface area contributed by atoms with E-state index in [2.05, 4.69) is 10.2 Å². The number of halogens is 2. The lowest BCUT2D eigenvalue weighted by molar-refractivity contribution is -0.0564. The lowest BCUT2D eigenvalue weighted by atomic mass is 9.93. The van der Waals surface area contributed by atoms with Crippen LogP contribution in [0.25, 0.3) is 27.3 Å². The van der Waals surface area contributed by atoms with Crippen LogP contribution in [-0.2, 0) is 10.4 Å². The Morgan fingerprint density at radius 2 is 1.95 bits per heavy atom. The number of hydrogen-bond acceptors (Lipinski definition) is 9. The van der Waals surface area contributed by atoms with Crippen LogP contribution >= 0.6 is 11.3 Å². The van der Waals surface area contributed by atoms with Gasteiger partial charge in [-0.2, -0.15) is 5.10 Å². The van der Waals surface area contributed by atoms with E-state index in [1.54, 1.807) is 11.3 Å². The molecule has 0 aliphatic carbocycles. The lowest BCUT2D eigenvalue weighted by Gasteiger charge is -2.33. The van der Waals surface area contributed by atoms with Gasteiger partial charge in [-0.15, -0.1) is 21.6 Å². The number of benzene rings is 1. The molecule has 6 heterocycles. The summed E-state index contributed by atoms with van der Waals surface area (Å²) < 4.78 is 41.2. The van der Waals surface area contributed by atoms with Crippen LogP contribution < -0.4 is 4.74 Å². The van der Waals surface area contributed by atoms with Crippen molar-refractivity contribution in [3.8, 4) is 27.6 Å². The first-order valence-electron chi connectivity index (χ1n) is 14.8. The normalized spacial score (nSPS) is 23.7. The van der Waals surface area contributed by atoms with Gasteiger partial charge < -0.3 is 9.47 Å². The molecular formula is C31H33F2N7O2S. The molecule has 0 N–H and O–H groups in total. The van der Waals surface area contributed by atoms with Crippen molar-refractivity contribution in [1.29, 1.82) is 0 Å². The molecule has 0 saturated carbocycles. The molecule has 3 aliphatic rings. The Labute approximate surface area is 252 Å². The van der Waals surface area contributed by atoms with Gasteiger partial charge in [-0.05, 0) is 32.3 Å². The number of rotatable bonds is 8. The van der Waals surface area contributed by atoms with Crippen molar-refractivity contribution in [2.24, 2.45) is 15.2 Å². The highest BCUT2D eigenvalue weighted by Crippen LogP contribution is 2.49. The standard InChI is InChI=1S/C31H33F2N7O2S/c1-21-26(24-19-23(10-13-40(24)37-21)41-18-16-39-14-11-30(32,33)12-15-39)29-36-27(22-7-3-2-4-8-22)28(43-29)31(34-20-35-38-31)25-9-5-6-17-42-25/h2-4,7-8,10,13,19-20,25H,5-6,9,11-12,14-18H2,1H3. The molecule has 3 aliphatic heterocycles. The van der Waals surface area contributed by atoms with Crippen LogP contribution in [0.4, 0.5) is 8.78 Å². The van der Waals surface area contributed by atoms with Crippen molar-refractivity contribution < 1.29 is 18.3 Å². The second kappa shape index (κ2) is 11.5. The van der Waals surface area contributed by atoms with Gasteiger partial charge in [-0.25, -0.2) is 23.3 Å². The van der Waals surface area contributed by atoms with Gasteiger partial charge in [0.05, 0.1) is 27.3 Å². The summed E-state index contributed by atoms with van der Waals surface area (Å²) in [6, 6.07) is 13.9. The predicted octanol–water partition coefficient (Wildman–Crippen LogP) is 6.76. The van der Waals surface area contributed by atoms with Gasteiger partial charge in [0, 0.05) is 56.9 Å². The molecule has 0 bridgehead atoms. The average molecular weight is 606 g/mol. The molecule has 9 nitrogen and oxygen atoms in total. The molecule has 2 saturated heterocycles. The second-order valence-electron chi connectivity index (χ2n) is 11.3. The first kappa shape index (κ1) is 28.2. The number of ether oxygens (including phenoxy) is 2. The summed E-state index contributed by atoms with van der Waals surface area (Å²) in [4.78, 5) is 13.0. The molecule has 224 valence electrons. The minimum absolute atomic E-state index is 0.0982. The Bertz CT molecular complexity index is 1640. The zero-order chi connectivity index (χ0) is 29.4. The highest BCUT2D eigenvalue weighted by Gasteiger charge is 2.48. The van der Waals surface area contributed by atoms with E-state index in [0.29, 0.717) is 38.6 Å². The van der Waals surface area contributed by atoms with Crippen molar-refractivity contribution in [3.05, 3.63) is 59.2 Å². The maximum absolute atomic E-state index is 13.5. The van der Waals surface area contributed by atoms with E-state index in [-0.39, 0.29) is 18.9 Å². The Morgan fingerprint density at radius 1 is 1.12 bits per heavy atom. The number of thiazole rings is 1. The minimum Gasteiger partial charge on any atom is -0.492 e. The fourth-order valence-corrected chi connectivity index (χ4v) is 7.39. The van der Waals surface area contributed by atoms with Gasteiger partial charge in [-0.1, -0.05) is 30.3 Å². The van der Waals surface area contributed by atoms with Gasteiger partial charge in [0.25, 0.3) is 5.92 Å². The topological polar surface area (TPSA) is 89.0 Å². The number of pyridine rings is 1. The Kier molecular flexibility index (Phi) is 7.52. The van der Waals surface area contributed by atoms with Crippen LogP contribution in [0, 0.1) is 6.92 Å². The number of nitrogens with zero attached hydrogens (tertiary/aromatic N) is 7. The number of aliphatic imine (C=N–C) groups is 1. The number of likely N-dealkylation sites (tertiary alicyclic amines) is 1. The van der Waals surface area contributed by atoms with Crippen LogP contribution in [0.5, 0.6) is 5.75 Å². The van der Waals surface area contributed by atoms with Crippen molar-refractivity contribution in [2.45, 2.75) is 56.7 Å². The zero-order valence-electron chi connectivity index (χ0n) is 24.0. The zero-order valence-corrected chi connectivity index (χ0v) is 24.8. The summed E-state index contributed by atoms with van der Waals surface area (Å²) in [7, 11) is 0. The molecule has 0 amide bonds. The molecule has 0 radical (unpaired) electrons. The molecule has 3 aromatic heterocycles. The first-order chi connectivity index (χ1) is 20.9. The summed E-state index contributed by atoms with van der Waals surface area (Å²) in [6.45, 7) is 4.43. The predicted molar refractivity (Wildman–Crippen MR) is 161 cm³/mol. The van der Waals surface area contributed by atoms with Gasteiger partial charge in [0.15, 0.2) is 0 Å². The van der Waals surface area contributed by atoms with Crippen molar-refractivity contribution in [1.82, 2.24) is 19.5 Å². The van der Waals surface area contributed by atoms with Gasteiger partial charge >= 0.3 is 0 Å². The smallest absolute Gasteiger partial charge is 0.250 e. The van der Waals surface area contributed by atoms with Crippen LogP contribution in [0.15, 0.2) is 63.9 Å². The third-order valence-corrected chi connectivity index (χ3v) is 9.60. The maximum atomic E-state index is 13.5. The summed E-state index contributed by atoms with van der Waals surface area (Å²) >= 11 is 1.55. The number of piperidine rings is 1. The quantitative estimate of drug-likeness (QED) is 0.222. The summed E-state index contributed by atoms with van der Waals surface area (Å²) in [5.74, 6) is -1.86. The van der Waals surface area contributed by atoms with E-state index in [0.717, 1.165) is 57.2 Å². The molecule has 4 aromatic rings. The molecule has 2 unspecified atom stereocenters. The van der Waals surface area contributed by atoms with Gasteiger partial charge in [0.2, 0.25) is 5.66 Å². The third-order valence-electron chi connectivity index (χ3n) is 8.41. The highest BCUT2D eigenvalue weighted by molar-refractivity contribution is 7.15. The summed E-state index contributed by atoms with van der Waals surface area (Å²) in [6.07, 6.45) is 5.88. The highest BCUT2D eigenvalue weighted by atomic mass is 32.1. The van der Waals surface area contributed by atoms with Gasteiger partial charge in [-0.3, -0.25) is 4.90 Å². The van der Waals surface area contributed by atoms with E-state index >= 15 is 0 Å². The largest absolute Gasteiger partial charge is 0.492 e. The van der Waals surface area contributed by atoms with E-state index in [1.807, 2.05) is 65.0 Å². The fourth-order valence-electron chi connectivity index (χ4n) is 6.07. The number of aryl methyl sites for hydroxylation is 1. The average Bonchev–Trinajstić information content (AvgIpc) is 3.76. The Hall–Kier alpha value is -3.61. The van der Waals surface area contributed by atoms with Gasteiger partial charge in [0.1, 0.15) is 29.8 Å². The Balaban J connectivity index is 1.23. The molecule has 0 spiro atoms. The summed E-state index contributed by atoms with van der Waals surface area (Å²) in [5, 5.41) is 14.5. The molecule has 7 rings (SSSR count). The number of azo groups is 1.